The Balaban J connectivity index is 2.30. The van der Waals surface area contributed by atoms with Crippen molar-refractivity contribution < 1.29 is 9.47 Å². The summed E-state index contributed by atoms with van der Waals surface area (Å²) in [7, 11) is 3.41. The fraction of sp³-hybridized carbons (Fsp3) is 0.333. The van der Waals surface area contributed by atoms with Crippen molar-refractivity contribution in [2.45, 2.75) is 12.8 Å². The summed E-state index contributed by atoms with van der Waals surface area (Å²) in [6.45, 7) is 0. The van der Waals surface area contributed by atoms with E-state index in [1.807, 2.05) is 6.07 Å². The molecule has 1 aliphatic carbocycles. The van der Waals surface area contributed by atoms with Gasteiger partial charge < -0.3 is 9.47 Å². The van der Waals surface area contributed by atoms with E-state index in [9.17, 15) is 0 Å². The Morgan fingerprint density at radius 3 is 2.64 bits per heavy atom. The molecule has 0 bridgehead atoms. The standard InChI is InChI=1S/C12H14O2/c1-13-11-5-3-9-4-6-12(14-2)8-10(9)7-11/h3,5-7H,4,8H2,1-2H3. The Bertz CT molecular complexity index is 367. The van der Waals surface area contributed by atoms with Crippen molar-refractivity contribution in [3.05, 3.63) is 41.2 Å². The van der Waals surface area contributed by atoms with Gasteiger partial charge in [0.05, 0.1) is 20.0 Å². The molecule has 0 aliphatic heterocycles. The second-order valence-corrected chi connectivity index (χ2v) is 3.39. The number of fused-ring (bicyclic) bond motifs is 1. The molecule has 0 saturated carbocycles. The maximum Gasteiger partial charge on any atom is 0.119 e. The van der Waals surface area contributed by atoms with E-state index in [1.165, 1.54) is 11.1 Å². The maximum atomic E-state index is 5.24. The number of benzene rings is 1. The summed E-state index contributed by atoms with van der Waals surface area (Å²) in [6.07, 6.45) is 3.97. The Kier molecular flexibility index (Phi) is 2.44. The van der Waals surface area contributed by atoms with E-state index in [1.54, 1.807) is 14.2 Å². The summed E-state index contributed by atoms with van der Waals surface area (Å²) < 4.78 is 10.4. The van der Waals surface area contributed by atoms with Gasteiger partial charge in [0, 0.05) is 6.42 Å². The molecule has 0 spiro atoms. The van der Waals surface area contributed by atoms with Crippen molar-refractivity contribution in [2.24, 2.45) is 0 Å². The van der Waals surface area contributed by atoms with Crippen LogP contribution in [0.5, 0.6) is 5.75 Å². The molecule has 0 heterocycles. The van der Waals surface area contributed by atoms with E-state index < -0.39 is 0 Å². The molecule has 0 unspecified atom stereocenters. The summed E-state index contributed by atoms with van der Waals surface area (Å²) in [5.74, 6) is 1.96. The molecule has 0 atom stereocenters. The van der Waals surface area contributed by atoms with Gasteiger partial charge in [-0.1, -0.05) is 6.07 Å². The van der Waals surface area contributed by atoms with Gasteiger partial charge in [-0.15, -0.1) is 0 Å². The van der Waals surface area contributed by atoms with Crippen LogP contribution >= 0.6 is 0 Å². The van der Waals surface area contributed by atoms with Crippen molar-refractivity contribution >= 4 is 0 Å². The minimum Gasteiger partial charge on any atom is -0.501 e. The summed E-state index contributed by atoms with van der Waals surface area (Å²) in [6, 6.07) is 6.21. The largest absolute Gasteiger partial charge is 0.501 e. The highest BCUT2D eigenvalue weighted by Gasteiger charge is 2.11. The smallest absolute Gasteiger partial charge is 0.119 e. The highest BCUT2D eigenvalue weighted by atomic mass is 16.5. The number of methoxy groups -OCH3 is 2. The van der Waals surface area contributed by atoms with Crippen LogP contribution in [0.3, 0.4) is 0 Å². The van der Waals surface area contributed by atoms with Crippen LogP contribution < -0.4 is 4.74 Å². The van der Waals surface area contributed by atoms with Crippen LogP contribution in [0, 0.1) is 0 Å². The number of hydrogen-bond donors (Lipinski definition) is 0. The molecule has 0 amide bonds. The van der Waals surface area contributed by atoms with Crippen molar-refractivity contribution in [3.63, 3.8) is 0 Å². The Morgan fingerprint density at radius 2 is 1.93 bits per heavy atom. The fourth-order valence-corrected chi connectivity index (χ4v) is 1.73. The zero-order valence-electron chi connectivity index (χ0n) is 8.54. The van der Waals surface area contributed by atoms with Gasteiger partial charge in [0.15, 0.2) is 0 Å². The number of hydrogen-bond acceptors (Lipinski definition) is 2. The summed E-state index contributed by atoms with van der Waals surface area (Å²) in [5, 5.41) is 0. The fourth-order valence-electron chi connectivity index (χ4n) is 1.73. The van der Waals surface area contributed by atoms with Crippen LogP contribution in [-0.4, -0.2) is 14.2 Å². The third kappa shape index (κ3) is 1.60. The topological polar surface area (TPSA) is 18.5 Å². The minimum atomic E-state index is 0.878. The second kappa shape index (κ2) is 3.74. The molecule has 0 saturated heterocycles. The van der Waals surface area contributed by atoms with E-state index in [0.29, 0.717) is 0 Å². The first-order valence-electron chi connectivity index (χ1n) is 4.72. The SMILES string of the molecule is COC1=CCc2ccc(OC)cc2C1. The molecule has 0 radical (unpaired) electrons. The molecule has 0 aromatic heterocycles. The number of allylic oxidation sites excluding steroid dienone is 2. The van der Waals surface area contributed by atoms with Gasteiger partial charge in [-0.3, -0.25) is 0 Å². The number of rotatable bonds is 2. The van der Waals surface area contributed by atoms with E-state index >= 15 is 0 Å². The quantitative estimate of drug-likeness (QED) is 0.712. The monoisotopic (exact) mass is 190 g/mol. The first-order chi connectivity index (χ1) is 6.83. The van der Waals surface area contributed by atoms with E-state index in [-0.39, 0.29) is 0 Å². The van der Waals surface area contributed by atoms with Gasteiger partial charge in [-0.2, -0.15) is 0 Å². The Morgan fingerprint density at radius 1 is 1.07 bits per heavy atom. The predicted octanol–water partition coefficient (Wildman–Crippen LogP) is 2.32. The van der Waals surface area contributed by atoms with Crippen LogP contribution in [-0.2, 0) is 17.6 Å². The molecule has 2 heteroatoms. The molecule has 2 nitrogen and oxygen atoms in total. The average Bonchev–Trinajstić information content (AvgIpc) is 2.27. The Hall–Kier alpha value is -1.44. The molecular weight excluding hydrogens is 176 g/mol. The lowest BCUT2D eigenvalue weighted by atomic mass is 9.95. The normalized spacial score (nSPS) is 14.3. The van der Waals surface area contributed by atoms with Crippen LogP contribution in [0.1, 0.15) is 11.1 Å². The summed E-state index contributed by atoms with van der Waals surface area (Å²) in [4.78, 5) is 0. The third-order valence-corrected chi connectivity index (χ3v) is 2.59. The summed E-state index contributed by atoms with van der Waals surface area (Å²) in [5.41, 5.74) is 2.68. The lowest BCUT2D eigenvalue weighted by Gasteiger charge is -2.16. The Labute approximate surface area is 84.2 Å². The van der Waals surface area contributed by atoms with Crippen molar-refractivity contribution in [3.8, 4) is 5.75 Å². The lowest BCUT2D eigenvalue weighted by molar-refractivity contribution is 0.279. The first kappa shape index (κ1) is 9.13. The zero-order valence-corrected chi connectivity index (χ0v) is 8.54. The van der Waals surface area contributed by atoms with Crippen molar-refractivity contribution in [1.82, 2.24) is 0 Å². The highest BCUT2D eigenvalue weighted by Crippen LogP contribution is 2.25. The van der Waals surface area contributed by atoms with Crippen LogP contribution in [0.15, 0.2) is 30.0 Å². The van der Waals surface area contributed by atoms with Crippen LogP contribution in [0.4, 0.5) is 0 Å². The third-order valence-electron chi connectivity index (χ3n) is 2.59. The van der Waals surface area contributed by atoms with Gasteiger partial charge in [0.25, 0.3) is 0 Å². The van der Waals surface area contributed by atoms with Crippen LogP contribution in [0.2, 0.25) is 0 Å². The average molecular weight is 190 g/mol. The molecule has 0 fully saturated rings. The first-order valence-corrected chi connectivity index (χ1v) is 4.72. The molecule has 0 N–H and O–H groups in total. The van der Waals surface area contributed by atoms with Gasteiger partial charge >= 0.3 is 0 Å². The number of ether oxygens (including phenoxy) is 2. The van der Waals surface area contributed by atoms with E-state index in [4.69, 9.17) is 9.47 Å². The van der Waals surface area contributed by atoms with Crippen molar-refractivity contribution in [2.75, 3.05) is 14.2 Å². The molecule has 1 aliphatic rings. The van der Waals surface area contributed by atoms with E-state index in [2.05, 4.69) is 18.2 Å². The molecule has 2 rings (SSSR count). The molecule has 1 aromatic rings. The molecule has 74 valence electrons. The predicted molar refractivity (Wildman–Crippen MR) is 55.5 cm³/mol. The van der Waals surface area contributed by atoms with Crippen molar-refractivity contribution in [1.29, 1.82) is 0 Å². The van der Waals surface area contributed by atoms with Gasteiger partial charge in [-0.05, 0) is 35.8 Å². The van der Waals surface area contributed by atoms with Crippen LogP contribution in [0.25, 0.3) is 0 Å². The maximum absolute atomic E-state index is 5.24. The lowest BCUT2D eigenvalue weighted by Crippen LogP contribution is -2.04. The molecule has 1 aromatic carbocycles. The second-order valence-electron chi connectivity index (χ2n) is 3.39. The molecule has 14 heavy (non-hydrogen) atoms. The molecular formula is C12H14O2. The zero-order chi connectivity index (χ0) is 9.97. The summed E-state index contributed by atoms with van der Waals surface area (Å²) >= 11 is 0. The van der Waals surface area contributed by atoms with Gasteiger partial charge in [-0.25, -0.2) is 0 Å². The highest BCUT2D eigenvalue weighted by molar-refractivity contribution is 5.40. The van der Waals surface area contributed by atoms with E-state index in [0.717, 1.165) is 24.4 Å². The van der Waals surface area contributed by atoms with Gasteiger partial charge in [0.2, 0.25) is 0 Å². The minimum absolute atomic E-state index is 0.878. The van der Waals surface area contributed by atoms with Gasteiger partial charge in [0.1, 0.15) is 5.75 Å².